The smallest absolute Gasteiger partial charge is 0.410 e. The summed E-state index contributed by atoms with van der Waals surface area (Å²) in [6.07, 6.45) is 3.78. The van der Waals surface area contributed by atoms with Crippen LogP contribution in [0.15, 0.2) is 11.4 Å². The van der Waals surface area contributed by atoms with Crippen LogP contribution in [0, 0.1) is 0 Å². The highest BCUT2D eigenvalue weighted by Crippen LogP contribution is 2.39. The number of thioether (sulfide) groups is 1. The number of ether oxygens (including phenoxy) is 1. The predicted octanol–water partition coefficient (Wildman–Crippen LogP) is 2.88. The largest absolute Gasteiger partial charge is 0.444 e. The van der Waals surface area contributed by atoms with Gasteiger partial charge in [-0.2, -0.15) is 0 Å². The number of carbonyl (C=O) groups is 1. The Hall–Kier alpha value is -1.64. The number of hydrogen-bond donors (Lipinski definition) is 1. The minimum Gasteiger partial charge on any atom is -0.444 e. The average molecular weight is 369 g/mol. The summed E-state index contributed by atoms with van der Waals surface area (Å²) in [7, 11) is 0. The maximum absolute atomic E-state index is 15.0. The summed E-state index contributed by atoms with van der Waals surface area (Å²) >= 11 is 1.40. The SMILES string of the molecule is CSc1ncc(N[C@H]2C[C@@H]3CC[C@H]([C@H]2F)N3C(=O)OC(C)(C)C)nn1. The van der Waals surface area contributed by atoms with E-state index in [0.29, 0.717) is 23.8 Å². The van der Waals surface area contributed by atoms with E-state index in [-0.39, 0.29) is 6.04 Å². The second kappa shape index (κ2) is 6.93. The molecule has 1 aromatic heterocycles. The Morgan fingerprint density at radius 3 is 2.76 bits per heavy atom. The quantitative estimate of drug-likeness (QED) is 0.821. The molecule has 2 aliphatic heterocycles. The van der Waals surface area contributed by atoms with Crippen molar-refractivity contribution in [2.75, 3.05) is 11.6 Å². The molecule has 1 aromatic rings. The molecule has 9 heteroatoms. The van der Waals surface area contributed by atoms with Crippen molar-refractivity contribution in [3.05, 3.63) is 6.20 Å². The van der Waals surface area contributed by atoms with Crippen molar-refractivity contribution >= 4 is 23.7 Å². The van der Waals surface area contributed by atoms with Gasteiger partial charge in [-0.15, -0.1) is 10.2 Å². The lowest BCUT2D eigenvalue weighted by Gasteiger charge is -2.41. The number of alkyl halides is 1. The topological polar surface area (TPSA) is 80.2 Å². The Labute approximate surface area is 151 Å². The fourth-order valence-corrected chi connectivity index (χ4v) is 3.78. The van der Waals surface area contributed by atoms with Crippen molar-refractivity contribution in [3.63, 3.8) is 0 Å². The standard InChI is InChI=1S/C16H24FN5O2S/c1-16(2,3)24-15(23)22-9-5-6-11(22)13(17)10(7-9)19-12-8-18-14(25-4)21-20-12/h8-11,13H,5-7H2,1-4H3,(H,19,20)/t9-,10-,11+,13-/m0/s1. The third-order valence-electron chi connectivity index (χ3n) is 4.49. The molecule has 2 aliphatic rings. The molecule has 1 N–H and O–H groups in total. The van der Waals surface area contributed by atoms with Gasteiger partial charge >= 0.3 is 6.09 Å². The van der Waals surface area contributed by atoms with Gasteiger partial charge < -0.3 is 10.1 Å². The van der Waals surface area contributed by atoms with E-state index in [4.69, 9.17) is 4.74 Å². The molecule has 2 bridgehead atoms. The zero-order valence-electron chi connectivity index (χ0n) is 14.9. The Bertz CT molecular complexity index is 624. The van der Waals surface area contributed by atoms with Crippen LogP contribution in [0.4, 0.5) is 15.0 Å². The number of aromatic nitrogens is 3. The molecule has 2 fully saturated rings. The first-order valence-electron chi connectivity index (χ1n) is 8.44. The molecule has 0 aliphatic carbocycles. The lowest BCUT2D eigenvalue weighted by Crippen LogP contribution is -2.57. The molecule has 4 atom stereocenters. The van der Waals surface area contributed by atoms with E-state index in [0.717, 1.165) is 6.42 Å². The Kier molecular flexibility index (Phi) is 5.04. The maximum atomic E-state index is 15.0. The van der Waals surface area contributed by atoms with Gasteiger partial charge in [0.05, 0.1) is 18.3 Å². The van der Waals surface area contributed by atoms with Gasteiger partial charge in [0.1, 0.15) is 11.8 Å². The van der Waals surface area contributed by atoms with Crippen LogP contribution in [-0.4, -0.2) is 62.3 Å². The molecule has 7 nitrogen and oxygen atoms in total. The molecule has 0 spiro atoms. The fourth-order valence-electron chi connectivity index (χ4n) is 3.50. The fraction of sp³-hybridized carbons (Fsp3) is 0.750. The van der Waals surface area contributed by atoms with Crippen molar-refractivity contribution in [2.45, 2.75) is 75.1 Å². The molecule has 25 heavy (non-hydrogen) atoms. The first-order chi connectivity index (χ1) is 11.8. The zero-order valence-corrected chi connectivity index (χ0v) is 15.7. The van der Waals surface area contributed by atoms with Crippen LogP contribution in [0.25, 0.3) is 0 Å². The van der Waals surface area contributed by atoms with E-state index in [1.807, 2.05) is 27.0 Å². The number of piperidine rings is 1. The molecular formula is C16H24FN5O2S. The Balaban J connectivity index is 1.68. The number of hydrogen-bond acceptors (Lipinski definition) is 7. The normalized spacial score (nSPS) is 28.8. The highest BCUT2D eigenvalue weighted by Gasteiger charge is 2.51. The predicted molar refractivity (Wildman–Crippen MR) is 93.4 cm³/mol. The van der Waals surface area contributed by atoms with Crippen LogP contribution >= 0.6 is 11.8 Å². The second-order valence-electron chi connectivity index (χ2n) is 7.45. The number of halogens is 1. The zero-order chi connectivity index (χ0) is 18.2. The van der Waals surface area contributed by atoms with E-state index >= 15 is 4.39 Å². The number of nitrogens with one attached hydrogen (secondary N) is 1. The van der Waals surface area contributed by atoms with Crippen LogP contribution in [-0.2, 0) is 4.74 Å². The summed E-state index contributed by atoms with van der Waals surface area (Å²) < 4.78 is 20.5. The first kappa shape index (κ1) is 18.2. The van der Waals surface area contributed by atoms with E-state index in [9.17, 15) is 4.79 Å². The van der Waals surface area contributed by atoms with Gasteiger partial charge in [0.2, 0.25) is 5.16 Å². The summed E-state index contributed by atoms with van der Waals surface area (Å²) in [6, 6.07) is -0.888. The summed E-state index contributed by atoms with van der Waals surface area (Å²) in [5.74, 6) is 0.454. The van der Waals surface area contributed by atoms with E-state index < -0.39 is 29.9 Å². The lowest BCUT2D eigenvalue weighted by atomic mass is 9.95. The van der Waals surface area contributed by atoms with E-state index in [2.05, 4.69) is 20.5 Å². The Morgan fingerprint density at radius 2 is 2.16 bits per heavy atom. The van der Waals surface area contributed by atoms with Crippen molar-refractivity contribution in [1.29, 1.82) is 0 Å². The van der Waals surface area contributed by atoms with Gasteiger partial charge in [-0.05, 0) is 46.3 Å². The minimum atomic E-state index is -1.19. The molecule has 3 heterocycles. The van der Waals surface area contributed by atoms with Crippen LogP contribution in [0.5, 0.6) is 0 Å². The number of amides is 1. The molecule has 138 valence electrons. The van der Waals surface area contributed by atoms with Gasteiger partial charge in [0.25, 0.3) is 0 Å². The summed E-state index contributed by atoms with van der Waals surface area (Å²) in [5.41, 5.74) is -0.586. The van der Waals surface area contributed by atoms with Crippen molar-refractivity contribution in [2.24, 2.45) is 0 Å². The van der Waals surface area contributed by atoms with Gasteiger partial charge in [-0.1, -0.05) is 11.8 Å². The third kappa shape index (κ3) is 3.96. The lowest BCUT2D eigenvalue weighted by molar-refractivity contribution is -0.00834. The maximum Gasteiger partial charge on any atom is 0.410 e. The molecule has 0 unspecified atom stereocenters. The molecule has 0 radical (unpaired) electrons. The van der Waals surface area contributed by atoms with Gasteiger partial charge in [-0.25, -0.2) is 14.2 Å². The van der Waals surface area contributed by atoms with Crippen LogP contribution < -0.4 is 5.32 Å². The van der Waals surface area contributed by atoms with E-state index in [1.54, 1.807) is 11.1 Å². The molecule has 2 saturated heterocycles. The third-order valence-corrected chi connectivity index (χ3v) is 5.04. The number of nitrogens with zero attached hydrogens (tertiary/aromatic N) is 4. The van der Waals surface area contributed by atoms with Crippen LogP contribution in [0.1, 0.15) is 40.0 Å². The van der Waals surface area contributed by atoms with E-state index in [1.165, 1.54) is 11.8 Å². The summed E-state index contributed by atoms with van der Waals surface area (Å²) in [5, 5.41) is 11.7. The van der Waals surface area contributed by atoms with Gasteiger partial charge in [0.15, 0.2) is 5.82 Å². The highest BCUT2D eigenvalue weighted by molar-refractivity contribution is 7.98. The van der Waals surface area contributed by atoms with Crippen molar-refractivity contribution < 1.29 is 13.9 Å². The van der Waals surface area contributed by atoms with Crippen LogP contribution in [0.3, 0.4) is 0 Å². The van der Waals surface area contributed by atoms with Gasteiger partial charge in [0, 0.05) is 6.04 Å². The second-order valence-corrected chi connectivity index (χ2v) is 8.22. The highest BCUT2D eigenvalue weighted by atomic mass is 32.2. The first-order valence-corrected chi connectivity index (χ1v) is 9.66. The van der Waals surface area contributed by atoms with Gasteiger partial charge in [-0.3, -0.25) is 4.90 Å². The Morgan fingerprint density at radius 1 is 1.40 bits per heavy atom. The van der Waals surface area contributed by atoms with Crippen molar-refractivity contribution in [3.8, 4) is 0 Å². The summed E-state index contributed by atoms with van der Waals surface area (Å²) in [6.45, 7) is 5.45. The number of carbonyl (C=O) groups excluding carboxylic acids is 1. The van der Waals surface area contributed by atoms with Crippen LogP contribution in [0.2, 0.25) is 0 Å². The molecule has 1 amide bonds. The number of rotatable bonds is 3. The minimum absolute atomic E-state index is 0.0178. The number of fused-ring (bicyclic) bond motifs is 2. The van der Waals surface area contributed by atoms with Crippen molar-refractivity contribution in [1.82, 2.24) is 20.1 Å². The monoisotopic (exact) mass is 369 g/mol. The molecule has 3 rings (SSSR count). The molecular weight excluding hydrogens is 345 g/mol. The molecule has 0 aromatic carbocycles. The summed E-state index contributed by atoms with van der Waals surface area (Å²) in [4.78, 5) is 18.2. The number of anilines is 1. The molecule has 0 saturated carbocycles. The average Bonchev–Trinajstić information content (AvgIpc) is 2.89.